The van der Waals surface area contributed by atoms with Crippen LogP contribution in [0.5, 0.6) is 0 Å². The zero-order valence-corrected chi connectivity index (χ0v) is 12.2. The minimum absolute atomic E-state index is 0.0810. The third kappa shape index (κ3) is 2.69. The maximum absolute atomic E-state index is 12.2. The van der Waals surface area contributed by atoms with Crippen LogP contribution in [0.2, 0.25) is 0 Å². The summed E-state index contributed by atoms with van der Waals surface area (Å²) in [7, 11) is -1.11. The highest BCUT2D eigenvalue weighted by molar-refractivity contribution is 7.91. The molecule has 3 atom stereocenters. The van der Waals surface area contributed by atoms with Crippen molar-refractivity contribution in [3.8, 4) is 0 Å². The van der Waals surface area contributed by atoms with Crippen molar-refractivity contribution in [2.45, 2.75) is 32.4 Å². The number of rotatable bonds is 1. The zero-order chi connectivity index (χ0) is 13.7. The minimum atomic E-state index is -2.97. The Morgan fingerprint density at radius 1 is 1.28 bits per heavy atom. The molecule has 0 aromatic carbocycles. The van der Waals surface area contributed by atoms with Crippen molar-refractivity contribution >= 4 is 15.8 Å². The van der Waals surface area contributed by atoms with E-state index < -0.39 is 21.5 Å². The van der Waals surface area contributed by atoms with Crippen molar-refractivity contribution < 1.29 is 17.9 Å². The lowest BCUT2D eigenvalue weighted by Crippen LogP contribution is -2.42. The van der Waals surface area contributed by atoms with Crippen LogP contribution in [0, 0.1) is 11.8 Å². The molecule has 0 N–H and O–H groups in total. The van der Waals surface area contributed by atoms with Gasteiger partial charge in [0.2, 0.25) is 0 Å². The summed E-state index contributed by atoms with van der Waals surface area (Å²) in [5.74, 6) is 0.00899. The summed E-state index contributed by atoms with van der Waals surface area (Å²) in [6, 6.07) is -0.411. The fourth-order valence-corrected chi connectivity index (χ4v) is 5.19. The van der Waals surface area contributed by atoms with E-state index in [4.69, 9.17) is 4.74 Å². The number of carbonyl (C=O) groups excluding carboxylic acids is 1. The Labute approximate surface area is 108 Å². The van der Waals surface area contributed by atoms with Crippen LogP contribution in [0.3, 0.4) is 0 Å². The second-order valence-corrected chi connectivity index (χ2v) is 8.57. The Balaban J connectivity index is 2.15. The first-order valence-electron chi connectivity index (χ1n) is 6.22. The number of hydrogen-bond donors (Lipinski definition) is 0. The monoisotopic (exact) mass is 275 g/mol. The molecule has 0 spiro atoms. The first-order valence-corrected chi connectivity index (χ1v) is 8.05. The van der Waals surface area contributed by atoms with Gasteiger partial charge in [-0.15, -0.1) is 0 Å². The van der Waals surface area contributed by atoms with Gasteiger partial charge >= 0.3 is 5.97 Å². The summed E-state index contributed by atoms with van der Waals surface area (Å²) in [5.41, 5.74) is -0.534. The van der Waals surface area contributed by atoms with Crippen LogP contribution < -0.4 is 0 Å². The SMILES string of the molecule is CN1C[C@@H]2CS(=O)(=O)C[C@@H]2[C@H]1C(=O)OC(C)(C)C. The third-order valence-electron chi connectivity index (χ3n) is 3.57. The van der Waals surface area contributed by atoms with Gasteiger partial charge in [0.15, 0.2) is 9.84 Å². The number of hydrogen-bond acceptors (Lipinski definition) is 5. The molecule has 0 amide bonds. The fourth-order valence-electron chi connectivity index (χ4n) is 3.01. The second kappa shape index (κ2) is 4.20. The van der Waals surface area contributed by atoms with Gasteiger partial charge in [0.05, 0.1) is 11.5 Å². The maximum Gasteiger partial charge on any atom is 0.324 e. The molecule has 2 saturated heterocycles. The highest BCUT2D eigenvalue weighted by atomic mass is 32.2. The molecule has 0 aromatic rings. The van der Waals surface area contributed by atoms with E-state index in [1.807, 2.05) is 32.7 Å². The van der Waals surface area contributed by atoms with E-state index in [0.717, 1.165) is 0 Å². The van der Waals surface area contributed by atoms with Gasteiger partial charge in [-0.1, -0.05) is 0 Å². The molecule has 6 heteroatoms. The first kappa shape index (κ1) is 13.8. The van der Waals surface area contributed by atoms with Gasteiger partial charge < -0.3 is 4.74 Å². The van der Waals surface area contributed by atoms with Crippen molar-refractivity contribution in [3.63, 3.8) is 0 Å². The second-order valence-electron chi connectivity index (χ2n) is 6.42. The zero-order valence-electron chi connectivity index (χ0n) is 11.3. The molecule has 104 valence electrons. The first-order chi connectivity index (χ1) is 8.09. The molecule has 2 heterocycles. The van der Waals surface area contributed by atoms with Crippen LogP contribution in [-0.4, -0.2) is 56.0 Å². The van der Waals surface area contributed by atoms with Crippen LogP contribution in [-0.2, 0) is 19.4 Å². The topological polar surface area (TPSA) is 63.7 Å². The van der Waals surface area contributed by atoms with Gasteiger partial charge in [-0.3, -0.25) is 9.69 Å². The van der Waals surface area contributed by atoms with Gasteiger partial charge in [-0.25, -0.2) is 8.42 Å². The quantitative estimate of drug-likeness (QED) is 0.644. The van der Waals surface area contributed by atoms with Gasteiger partial charge in [0, 0.05) is 12.5 Å². The number of ether oxygens (including phenoxy) is 1. The lowest BCUT2D eigenvalue weighted by atomic mass is 9.94. The van der Waals surface area contributed by atoms with Crippen LogP contribution in [0.25, 0.3) is 0 Å². The van der Waals surface area contributed by atoms with Crippen LogP contribution >= 0.6 is 0 Å². The van der Waals surface area contributed by atoms with Crippen molar-refractivity contribution in [1.29, 1.82) is 0 Å². The normalized spacial score (nSPS) is 35.4. The number of nitrogens with zero attached hydrogens (tertiary/aromatic N) is 1. The molecule has 0 saturated carbocycles. The molecule has 0 bridgehead atoms. The number of likely N-dealkylation sites (tertiary alicyclic amines) is 1. The smallest absolute Gasteiger partial charge is 0.324 e. The Bertz CT molecular complexity index is 451. The molecule has 0 aromatic heterocycles. The fraction of sp³-hybridized carbons (Fsp3) is 0.917. The van der Waals surface area contributed by atoms with Crippen molar-refractivity contribution in [2.75, 3.05) is 25.1 Å². The highest BCUT2D eigenvalue weighted by Crippen LogP contribution is 2.37. The number of likely N-dealkylation sites (N-methyl/N-ethyl adjacent to an activating group) is 1. The van der Waals surface area contributed by atoms with Gasteiger partial charge in [-0.05, 0) is 33.7 Å². The molecule has 2 rings (SSSR count). The average molecular weight is 275 g/mol. The molecule has 2 aliphatic heterocycles. The minimum Gasteiger partial charge on any atom is -0.459 e. The number of sulfone groups is 1. The molecule has 0 radical (unpaired) electrons. The average Bonchev–Trinajstić information content (AvgIpc) is 2.50. The lowest BCUT2D eigenvalue weighted by molar-refractivity contribution is -0.161. The Hall–Kier alpha value is -0.620. The summed E-state index contributed by atoms with van der Waals surface area (Å²) in [5, 5.41) is 0. The van der Waals surface area contributed by atoms with Gasteiger partial charge in [0.1, 0.15) is 11.6 Å². The predicted molar refractivity (Wildman–Crippen MR) is 67.9 cm³/mol. The van der Waals surface area contributed by atoms with E-state index in [9.17, 15) is 13.2 Å². The lowest BCUT2D eigenvalue weighted by Gasteiger charge is -2.27. The molecule has 5 nitrogen and oxygen atoms in total. The number of esters is 1. The van der Waals surface area contributed by atoms with Gasteiger partial charge in [-0.2, -0.15) is 0 Å². The van der Waals surface area contributed by atoms with E-state index in [0.29, 0.717) is 6.54 Å². The van der Waals surface area contributed by atoms with Crippen molar-refractivity contribution in [3.05, 3.63) is 0 Å². The molecule has 0 aliphatic carbocycles. The van der Waals surface area contributed by atoms with E-state index in [1.165, 1.54) is 0 Å². The Morgan fingerprint density at radius 2 is 1.89 bits per heavy atom. The highest BCUT2D eigenvalue weighted by Gasteiger charge is 2.52. The van der Waals surface area contributed by atoms with Gasteiger partial charge in [0.25, 0.3) is 0 Å². The Morgan fingerprint density at radius 3 is 2.44 bits per heavy atom. The summed E-state index contributed by atoms with van der Waals surface area (Å²) < 4.78 is 28.7. The molecule has 0 unspecified atom stereocenters. The Kier molecular flexibility index (Phi) is 3.22. The predicted octanol–water partition coefficient (Wildman–Crippen LogP) is 0.303. The van der Waals surface area contributed by atoms with E-state index >= 15 is 0 Å². The molecular formula is C12H21NO4S. The summed E-state index contributed by atoms with van der Waals surface area (Å²) in [4.78, 5) is 14.1. The van der Waals surface area contributed by atoms with Crippen molar-refractivity contribution in [2.24, 2.45) is 11.8 Å². The largest absolute Gasteiger partial charge is 0.459 e. The van der Waals surface area contributed by atoms with E-state index in [2.05, 4.69) is 0 Å². The molecular weight excluding hydrogens is 254 g/mol. The standard InChI is InChI=1S/C12H21NO4S/c1-12(2,3)17-11(14)10-9-7-18(15,16)6-8(9)5-13(10)4/h8-10H,5-7H2,1-4H3/t8-,9+,10+/m1/s1. The van der Waals surface area contributed by atoms with Crippen LogP contribution in [0.15, 0.2) is 0 Å². The molecule has 18 heavy (non-hydrogen) atoms. The number of fused-ring (bicyclic) bond motifs is 1. The summed E-state index contributed by atoms with van der Waals surface area (Å²) >= 11 is 0. The molecule has 2 aliphatic rings. The molecule has 2 fully saturated rings. The maximum atomic E-state index is 12.2. The van der Waals surface area contributed by atoms with E-state index in [-0.39, 0.29) is 29.3 Å². The summed E-state index contributed by atoms with van der Waals surface area (Å²) in [6.07, 6.45) is 0. The number of carbonyl (C=O) groups is 1. The van der Waals surface area contributed by atoms with Crippen LogP contribution in [0.4, 0.5) is 0 Å². The third-order valence-corrected chi connectivity index (χ3v) is 5.40. The summed E-state index contributed by atoms with van der Waals surface area (Å²) in [6.45, 7) is 6.13. The van der Waals surface area contributed by atoms with Crippen molar-refractivity contribution in [1.82, 2.24) is 4.90 Å². The van der Waals surface area contributed by atoms with E-state index in [1.54, 1.807) is 0 Å². The van der Waals surface area contributed by atoms with Crippen LogP contribution in [0.1, 0.15) is 20.8 Å².